The van der Waals surface area contributed by atoms with Gasteiger partial charge in [0.05, 0.1) is 6.10 Å². The van der Waals surface area contributed by atoms with Crippen LogP contribution in [0.5, 0.6) is 0 Å². The number of aliphatic hydroxyl groups is 1. The fraction of sp³-hybridized carbons (Fsp3) is 0.353. The van der Waals surface area contributed by atoms with Gasteiger partial charge in [0.1, 0.15) is 0 Å². The predicted molar refractivity (Wildman–Crippen MR) is 86.6 cm³/mol. The lowest BCUT2D eigenvalue weighted by Gasteiger charge is -2.21. The van der Waals surface area contributed by atoms with Gasteiger partial charge in [-0.3, -0.25) is 4.98 Å². The first-order valence-corrected chi connectivity index (χ1v) is 7.45. The highest BCUT2D eigenvalue weighted by atomic mass is 35.5. The van der Waals surface area contributed by atoms with Gasteiger partial charge in [-0.15, -0.1) is 0 Å². The molecule has 0 amide bonds. The summed E-state index contributed by atoms with van der Waals surface area (Å²) in [6.45, 7) is 3.45. The number of aryl methyl sites for hydroxylation is 1. The number of halogens is 1. The molecule has 0 fully saturated rings. The van der Waals surface area contributed by atoms with Crippen molar-refractivity contribution in [1.29, 1.82) is 0 Å². The van der Waals surface area contributed by atoms with Crippen LogP contribution in [0.3, 0.4) is 0 Å². The fourth-order valence-electron chi connectivity index (χ4n) is 2.24. The average Bonchev–Trinajstić information content (AvgIpc) is 2.49. The first-order valence-electron chi connectivity index (χ1n) is 7.08. The normalized spacial score (nSPS) is 12.6. The second-order valence-corrected chi connectivity index (χ2v) is 5.80. The molecule has 1 atom stereocenters. The van der Waals surface area contributed by atoms with Crippen LogP contribution >= 0.6 is 11.6 Å². The van der Waals surface area contributed by atoms with Crippen molar-refractivity contribution in [2.45, 2.75) is 19.4 Å². The highest BCUT2D eigenvalue weighted by molar-refractivity contribution is 6.31. The van der Waals surface area contributed by atoms with Crippen LogP contribution in [0, 0.1) is 6.92 Å². The van der Waals surface area contributed by atoms with Gasteiger partial charge in [0.25, 0.3) is 0 Å². The first-order chi connectivity index (χ1) is 10.1. The van der Waals surface area contributed by atoms with Crippen molar-refractivity contribution < 1.29 is 5.11 Å². The Morgan fingerprint density at radius 3 is 2.62 bits per heavy atom. The molecule has 4 heteroatoms. The Labute approximate surface area is 131 Å². The summed E-state index contributed by atoms with van der Waals surface area (Å²) in [5.41, 5.74) is 3.16. The minimum Gasteiger partial charge on any atom is -0.387 e. The number of benzene rings is 1. The fourth-order valence-corrected chi connectivity index (χ4v) is 2.35. The molecule has 1 aromatic carbocycles. The first kappa shape index (κ1) is 16.0. The van der Waals surface area contributed by atoms with Crippen molar-refractivity contribution in [3.05, 3.63) is 64.4 Å². The van der Waals surface area contributed by atoms with Gasteiger partial charge in [-0.2, -0.15) is 0 Å². The van der Waals surface area contributed by atoms with E-state index in [1.807, 2.05) is 44.3 Å². The van der Waals surface area contributed by atoms with Crippen molar-refractivity contribution in [1.82, 2.24) is 9.88 Å². The van der Waals surface area contributed by atoms with E-state index in [2.05, 4.69) is 9.88 Å². The lowest BCUT2D eigenvalue weighted by molar-refractivity contribution is 0.127. The number of likely N-dealkylation sites (N-methyl/N-ethyl adjacent to an activating group) is 1. The van der Waals surface area contributed by atoms with E-state index >= 15 is 0 Å². The zero-order valence-electron chi connectivity index (χ0n) is 12.5. The summed E-state index contributed by atoms with van der Waals surface area (Å²) in [7, 11) is 2.02. The molecule has 3 nitrogen and oxygen atoms in total. The molecule has 1 aromatic heterocycles. The van der Waals surface area contributed by atoms with Gasteiger partial charge >= 0.3 is 0 Å². The summed E-state index contributed by atoms with van der Waals surface area (Å²) >= 11 is 6.01. The van der Waals surface area contributed by atoms with Crippen LogP contribution in [-0.4, -0.2) is 35.1 Å². The van der Waals surface area contributed by atoms with Crippen molar-refractivity contribution in [2.75, 3.05) is 20.1 Å². The van der Waals surface area contributed by atoms with E-state index in [0.29, 0.717) is 6.54 Å². The summed E-state index contributed by atoms with van der Waals surface area (Å²) in [6.07, 6.45) is 4.07. The van der Waals surface area contributed by atoms with Crippen molar-refractivity contribution in [2.24, 2.45) is 0 Å². The van der Waals surface area contributed by atoms with Crippen molar-refractivity contribution in [3.8, 4) is 0 Å². The Kier molecular flexibility index (Phi) is 5.74. The minimum atomic E-state index is -0.497. The molecule has 0 aliphatic rings. The zero-order chi connectivity index (χ0) is 15.2. The number of hydrogen-bond donors (Lipinski definition) is 1. The highest BCUT2D eigenvalue weighted by Crippen LogP contribution is 2.21. The van der Waals surface area contributed by atoms with E-state index in [1.54, 1.807) is 12.4 Å². The quantitative estimate of drug-likeness (QED) is 0.890. The van der Waals surface area contributed by atoms with Gasteiger partial charge in [-0.25, -0.2) is 0 Å². The number of aromatic nitrogens is 1. The highest BCUT2D eigenvalue weighted by Gasteiger charge is 2.11. The third-order valence-corrected chi connectivity index (χ3v) is 4.01. The van der Waals surface area contributed by atoms with Gasteiger partial charge in [0, 0.05) is 30.5 Å². The molecule has 0 bridgehead atoms. The summed E-state index contributed by atoms with van der Waals surface area (Å²) in [5, 5.41) is 11.0. The molecule has 0 saturated heterocycles. The molecule has 21 heavy (non-hydrogen) atoms. The zero-order valence-corrected chi connectivity index (χ0v) is 13.2. The molecule has 0 spiro atoms. The molecule has 0 aliphatic carbocycles. The molecule has 112 valence electrons. The second-order valence-electron chi connectivity index (χ2n) is 5.39. The predicted octanol–water partition coefficient (Wildman–Crippen LogP) is 3.25. The number of hydrogen-bond acceptors (Lipinski definition) is 3. The number of aliphatic hydroxyl groups excluding tert-OH is 1. The largest absolute Gasteiger partial charge is 0.387 e. The van der Waals surface area contributed by atoms with E-state index < -0.39 is 6.10 Å². The van der Waals surface area contributed by atoms with E-state index in [-0.39, 0.29) is 0 Å². The lowest BCUT2D eigenvalue weighted by Crippen LogP contribution is -2.26. The van der Waals surface area contributed by atoms with Crippen molar-refractivity contribution in [3.63, 3.8) is 0 Å². The Bertz CT molecular complexity index is 574. The summed E-state index contributed by atoms with van der Waals surface area (Å²) in [6, 6.07) is 9.71. The molecule has 1 heterocycles. The Morgan fingerprint density at radius 2 is 1.95 bits per heavy atom. The Balaban J connectivity index is 1.86. The maximum atomic E-state index is 10.3. The third kappa shape index (κ3) is 4.81. The molecule has 2 aromatic rings. The van der Waals surface area contributed by atoms with Crippen LogP contribution in [0.25, 0.3) is 0 Å². The lowest BCUT2D eigenvalue weighted by atomic mass is 10.1. The molecule has 2 rings (SSSR count). The van der Waals surface area contributed by atoms with Crippen LogP contribution in [0.15, 0.2) is 42.7 Å². The number of rotatable bonds is 6. The standard InChI is InChI=1S/C17H21ClN2O/c1-13-11-15(3-4-16(13)18)17(21)12-20(2)10-7-14-5-8-19-9-6-14/h3-6,8-9,11,17,21H,7,10,12H2,1-2H3. The van der Waals surface area contributed by atoms with Crippen LogP contribution in [0.4, 0.5) is 0 Å². The van der Waals surface area contributed by atoms with E-state index in [4.69, 9.17) is 11.6 Å². The maximum Gasteiger partial charge on any atom is 0.0916 e. The van der Waals surface area contributed by atoms with Gasteiger partial charge in [0.2, 0.25) is 0 Å². The molecule has 0 radical (unpaired) electrons. The summed E-state index contributed by atoms with van der Waals surface area (Å²) < 4.78 is 0. The minimum absolute atomic E-state index is 0.497. The average molecular weight is 305 g/mol. The second kappa shape index (κ2) is 7.55. The summed E-state index contributed by atoms with van der Waals surface area (Å²) in [5.74, 6) is 0. The van der Waals surface area contributed by atoms with Crippen LogP contribution in [0.2, 0.25) is 5.02 Å². The third-order valence-electron chi connectivity index (χ3n) is 3.58. The van der Waals surface area contributed by atoms with Crippen LogP contribution in [0.1, 0.15) is 22.8 Å². The summed E-state index contributed by atoms with van der Waals surface area (Å²) in [4.78, 5) is 6.15. The molecule has 0 aliphatic heterocycles. The van der Waals surface area contributed by atoms with E-state index in [9.17, 15) is 5.11 Å². The molecule has 1 unspecified atom stereocenters. The topological polar surface area (TPSA) is 36.4 Å². The van der Waals surface area contributed by atoms with Gasteiger partial charge in [0.15, 0.2) is 0 Å². The maximum absolute atomic E-state index is 10.3. The molecule has 1 N–H and O–H groups in total. The smallest absolute Gasteiger partial charge is 0.0916 e. The molecular weight excluding hydrogens is 284 g/mol. The van der Waals surface area contributed by atoms with Crippen molar-refractivity contribution >= 4 is 11.6 Å². The Morgan fingerprint density at radius 1 is 1.24 bits per heavy atom. The Hall–Kier alpha value is -1.42. The van der Waals surface area contributed by atoms with E-state index in [0.717, 1.165) is 29.1 Å². The van der Waals surface area contributed by atoms with Gasteiger partial charge < -0.3 is 10.0 Å². The monoisotopic (exact) mass is 304 g/mol. The van der Waals surface area contributed by atoms with Gasteiger partial charge in [-0.05, 0) is 55.3 Å². The van der Waals surface area contributed by atoms with Crippen LogP contribution in [-0.2, 0) is 6.42 Å². The molecule has 0 saturated carbocycles. The SMILES string of the molecule is Cc1cc(C(O)CN(C)CCc2ccncc2)ccc1Cl. The van der Waals surface area contributed by atoms with Crippen LogP contribution < -0.4 is 0 Å². The molecular formula is C17H21ClN2O. The number of nitrogens with zero attached hydrogens (tertiary/aromatic N) is 2. The number of pyridine rings is 1. The van der Waals surface area contributed by atoms with E-state index in [1.165, 1.54) is 5.56 Å². The van der Waals surface area contributed by atoms with Gasteiger partial charge in [-0.1, -0.05) is 23.7 Å².